The van der Waals surface area contributed by atoms with Crippen LogP contribution in [-0.2, 0) is 12.8 Å². The zero-order valence-electron chi connectivity index (χ0n) is 13.6. The van der Waals surface area contributed by atoms with E-state index < -0.39 is 0 Å². The lowest BCUT2D eigenvalue weighted by Gasteiger charge is -2.13. The Kier molecular flexibility index (Phi) is 4.81. The van der Waals surface area contributed by atoms with Crippen LogP contribution in [0.4, 0.5) is 0 Å². The van der Waals surface area contributed by atoms with Gasteiger partial charge in [0.05, 0.1) is 20.8 Å². The molecule has 3 rings (SSSR count). The van der Waals surface area contributed by atoms with Crippen molar-refractivity contribution < 1.29 is 9.47 Å². The molecule has 1 N–H and O–H groups in total. The summed E-state index contributed by atoms with van der Waals surface area (Å²) < 4.78 is 10.8. The summed E-state index contributed by atoms with van der Waals surface area (Å²) >= 11 is 0. The van der Waals surface area contributed by atoms with Gasteiger partial charge in [-0.3, -0.25) is 4.99 Å². The van der Waals surface area contributed by atoms with Crippen LogP contribution < -0.4 is 14.8 Å². The van der Waals surface area contributed by atoms with Gasteiger partial charge < -0.3 is 14.8 Å². The van der Waals surface area contributed by atoms with Crippen LogP contribution in [0.5, 0.6) is 11.5 Å². The molecule has 0 saturated carbocycles. The minimum atomic E-state index is 0.855. The first-order valence-corrected chi connectivity index (χ1v) is 7.89. The molecule has 2 aromatic rings. The van der Waals surface area contributed by atoms with Gasteiger partial charge in [0.1, 0.15) is 17.3 Å². The highest BCUT2D eigenvalue weighted by Gasteiger charge is 2.13. The summed E-state index contributed by atoms with van der Waals surface area (Å²) in [4.78, 5) is 4.54. The molecule has 4 nitrogen and oxygen atoms in total. The van der Waals surface area contributed by atoms with Gasteiger partial charge in [0.15, 0.2) is 0 Å². The van der Waals surface area contributed by atoms with E-state index in [0.29, 0.717) is 0 Å². The number of benzene rings is 2. The lowest BCUT2D eigenvalue weighted by molar-refractivity contribution is 0.398. The normalized spacial score (nSPS) is 13.4. The van der Waals surface area contributed by atoms with Gasteiger partial charge in [0, 0.05) is 12.1 Å². The predicted molar refractivity (Wildman–Crippen MR) is 92.8 cm³/mol. The predicted octanol–water partition coefficient (Wildman–Crippen LogP) is 2.84. The molecule has 0 amide bonds. The van der Waals surface area contributed by atoms with Crippen LogP contribution in [0.25, 0.3) is 0 Å². The quantitative estimate of drug-likeness (QED) is 0.892. The molecule has 0 unspecified atom stereocenters. The van der Waals surface area contributed by atoms with Gasteiger partial charge in [0.25, 0.3) is 0 Å². The molecule has 0 bridgehead atoms. The lowest BCUT2D eigenvalue weighted by Crippen LogP contribution is -2.21. The molecule has 1 heterocycles. The summed E-state index contributed by atoms with van der Waals surface area (Å²) in [5.41, 5.74) is 3.65. The number of nitrogens with one attached hydrogen (secondary N) is 1. The molecule has 2 aromatic carbocycles. The van der Waals surface area contributed by atoms with Crippen molar-refractivity contribution in [3.8, 4) is 11.5 Å². The summed E-state index contributed by atoms with van der Waals surface area (Å²) in [6.07, 6.45) is 1.82. The van der Waals surface area contributed by atoms with Gasteiger partial charge in [-0.25, -0.2) is 0 Å². The van der Waals surface area contributed by atoms with Crippen molar-refractivity contribution in [2.75, 3.05) is 27.3 Å². The number of aryl methyl sites for hydroxylation is 2. The van der Waals surface area contributed by atoms with Gasteiger partial charge in [-0.1, -0.05) is 24.3 Å². The molecule has 0 saturated heterocycles. The number of amidine groups is 1. The molecule has 1 aliphatic rings. The van der Waals surface area contributed by atoms with E-state index in [4.69, 9.17) is 9.47 Å². The fourth-order valence-electron chi connectivity index (χ4n) is 2.89. The first kappa shape index (κ1) is 15.4. The van der Waals surface area contributed by atoms with E-state index in [1.165, 1.54) is 11.1 Å². The van der Waals surface area contributed by atoms with Crippen molar-refractivity contribution in [1.29, 1.82) is 0 Å². The largest absolute Gasteiger partial charge is 0.497 e. The van der Waals surface area contributed by atoms with Crippen molar-refractivity contribution in [3.63, 3.8) is 0 Å². The van der Waals surface area contributed by atoms with E-state index in [2.05, 4.69) is 34.6 Å². The Hall–Kier alpha value is -2.49. The lowest BCUT2D eigenvalue weighted by atomic mass is 9.98. The zero-order valence-corrected chi connectivity index (χ0v) is 13.6. The number of rotatable bonds is 6. The van der Waals surface area contributed by atoms with Crippen molar-refractivity contribution >= 4 is 5.84 Å². The van der Waals surface area contributed by atoms with Gasteiger partial charge >= 0.3 is 0 Å². The van der Waals surface area contributed by atoms with Crippen LogP contribution in [0.2, 0.25) is 0 Å². The van der Waals surface area contributed by atoms with Crippen molar-refractivity contribution in [2.45, 2.75) is 12.8 Å². The third kappa shape index (κ3) is 3.47. The van der Waals surface area contributed by atoms with Crippen LogP contribution in [0.3, 0.4) is 0 Å². The molecule has 1 aliphatic heterocycles. The third-order valence-corrected chi connectivity index (χ3v) is 4.10. The van der Waals surface area contributed by atoms with E-state index in [1.54, 1.807) is 14.2 Å². The molecule has 120 valence electrons. The Morgan fingerprint density at radius 2 is 1.83 bits per heavy atom. The average Bonchev–Trinajstić information content (AvgIpc) is 3.14. The molecule has 0 radical (unpaired) electrons. The van der Waals surface area contributed by atoms with E-state index in [1.807, 2.05) is 18.2 Å². The van der Waals surface area contributed by atoms with Crippen LogP contribution in [0.15, 0.2) is 47.5 Å². The molecule has 0 atom stereocenters. The summed E-state index contributed by atoms with van der Waals surface area (Å²) in [7, 11) is 3.39. The Bertz CT molecular complexity index is 710. The summed E-state index contributed by atoms with van der Waals surface area (Å²) in [5.74, 6) is 2.77. The summed E-state index contributed by atoms with van der Waals surface area (Å²) in [5, 5.41) is 3.36. The molecule has 4 heteroatoms. The Balaban J connectivity index is 1.81. The van der Waals surface area contributed by atoms with Crippen LogP contribution in [-0.4, -0.2) is 33.1 Å². The maximum absolute atomic E-state index is 5.47. The Labute approximate surface area is 137 Å². The minimum Gasteiger partial charge on any atom is -0.497 e. The van der Waals surface area contributed by atoms with Gasteiger partial charge in [0.2, 0.25) is 0 Å². The van der Waals surface area contributed by atoms with Crippen LogP contribution >= 0.6 is 0 Å². The second-order valence-corrected chi connectivity index (χ2v) is 5.49. The highest BCUT2D eigenvalue weighted by Crippen LogP contribution is 2.26. The fraction of sp³-hybridized carbons (Fsp3) is 0.316. The Morgan fingerprint density at radius 3 is 2.57 bits per heavy atom. The molecular formula is C19H22N2O2. The molecule has 0 aromatic heterocycles. The number of hydrogen-bond donors (Lipinski definition) is 1. The molecule has 0 fully saturated rings. The second kappa shape index (κ2) is 7.18. The maximum Gasteiger partial charge on any atom is 0.128 e. The second-order valence-electron chi connectivity index (χ2n) is 5.49. The highest BCUT2D eigenvalue weighted by molar-refractivity contribution is 6.01. The van der Waals surface area contributed by atoms with E-state index in [9.17, 15) is 0 Å². The number of ether oxygens (including phenoxy) is 2. The van der Waals surface area contributed by atoms with E-state index >= 15 is 0 Å². The number of hydrogen-bond acceptors (Lipinski definition) is 4. The summed E-state index contributed by atoms with van der Waals surface area (Å²) in [6, 6.07) is 14.4. The average molecular weight is 310 g/mol. The van der Waals surface area contributed by atoms with Crippen molar-refractivity contribution in [2.24, 2.45) is 4.99 Å². The third-order valence-electron chi connectivity index (χ3n) is 4.10. The molecular weight excluding hydrogens is 288 g/mol. The van der Waals surface area contributed by atoms with Crippen LogP contribution in [0, 0.1) is 0 Å². The number of methoxy groups -OCH3 is 2. The topological polar surface area (TPSA) is 42.9 Å². The highest BCUT2D eigenvalue weighted by atomic mass is 16.5. The standard InChI is InChI=1S/C19H22N2O2/c1-22-16-9-10-18(23-2)15(13-16)8-7-14-5-3-4-6-17(14)19-20-11-12-21-19/h3-6,9-10,13H,7-8,11-12H2,1-2H3,(H,20,21). The monoisotopic (exact) mass is 310 g/mol. The Morgan fingerprint density at radius 1 is 1.00 bits per heavy atom. The van der Waals surface area contributed by atoms with E-state index in [-0.39, 0.29) is 0 Å². The first-order valence-electron chi connectivity index (χ1n) is 7.89. The number of aliphatic imine (C=N–C) groups is 1. The molecule has 23 heavy (non-hydrogen) atoms. The zero-order chi connectivity index (χ0) is 16.1. The number of nitrogens with zero attached hydrogens (tertiary/aromatic N) is 1. The van der Waals surface area contributed by atoms with Crippen molar-refractivity contribution in [1.82, 2.24) is 5.32 Å². The molecule has 0 aliphatic carbocycles. The SMILES string of the molecule is COc1ccc(OC)c(CCc2ccccc2C2=NCCN2)c1. The van der Waals surface area contributed by atoms with Crippen LogP contribution in [0.1, 0.15) is 16.7 Å². The first-order chi connectivity index (χ1) is 11.3. The van der Waals surface area contributed by atoms with Gasteiger partial charge in [-0.2, -0.15) is 0 Å². The molecule has 0 spiro atoms. The fourth-order valence-corrected chi connectivity index (χ4v) is 2.89. The van der Waals surface area contributed by atoms with Gasteiger partial charge in [-0.05, 0) is 42.2 Å². The smallest absolute Gasteiger partial charge is 0.128 e. The van der Waals surface area contributed by atoms with E-state index in [0.717, 1.165) is 48.8 Å². The summed E-state index contributed by atoms with van der Waals surface area (Å²) in [6.45, 7) is 1.78. The van der Waals surface area contributed by atoms with Crippen molar-refractivity contribution in [3.05, 3.63) is 59.2 Å². The minimum absolute atomic E-state index is 0.855. The van der Waals surface area contributed by atoms with Gasteiger partial charge in [-0.15, -0.1) is 0 Å². The maximum atomic E-state index is 5.47.